The van der Waals surface area contributed by atoms with Crippen LogP contribution >= 0.6 is 11.3 Å². The molecule has 2 aromatic rings. The number of rotatable bonds is 4. The minimum Gasteiger partial charge on any atom is -0.370 e. The quantitative estimate of drug-likeness (QED) is 0.760. The Balaban J connectivity index is 1.38. The van der Waals surface area contributed by atoms with Gasteiger partial charge in [-0.25, -0.2) is 0 Å². The fourth-order valence-electron chi connectivity index (χ4n) is 4.34. The Hall–Kier alpha value is -2.85. The molecule has 2 fully saturated rings. The molecular weight excluding hydrogens is 396 g/mol. The molecule has 0 bridgehead atoms. The van der Waals surface area contributed by atoms with E-state index in [1.807, 2.05) is 46.7 Å². The van der Waals surface area contributed by atoms with Crippen molar-refractivity contribution in [1.29, 1.82) is 5.26 Å². The van der Waals surface area contributed by atoms with Crippen molar-refractivity contribution in [3.63, 3.8) is 0 Å². The number of hydrogen-bond donors (Lipinski definition) is 0. The number of thiophene rings is 1. The molecule has 0 saturated carbocycles. The normalized spacial score (nSPS) is 19.4. The van der Waals surface area contributed by atoms with Gasteiger partial charge in [0.15, 0.2) is 0 Å². The van der Waals surface area contributed by atoms with E-state index in [2.05, 4.69) is 11.0 Å². The lowest BCUT2D eigenvalue weighted by atomic mass is 10.1. The van der Waals surface area contributed by atoms with E-state index in [9.17, 15) is 9.59 Å². The fourth-order valence-corrected chi connectivity index (χ4v) is 5.04. The van der Waals surface area contributed by atoms with Crippen LogP contribution in [0.25, 0.3) is 0 Å². The van der Waals surface area contributed by atoms with Crippen molar-refractivity contribution in [2.75, 3.05) is 37.6 Å². The first-order chi connectivity index (χ1) is 14.7. The maximum atomic E-state index is 13.3. The number of nitriles is 1. The van der Waals surface area contributed by atoms with E-state index in [-0.39, 0.29) is 17.9 Å². The summed E-state index contributed by atoms with van der Waals surface area (Å²) >= 11 is 1.58. The molecule has 2 aliphatic rings. The van der Waals surface area contributed by atoms with Crippen LogP contribution < -0.4 is 4.90 Å². The fraction of sp³-hybridized carbons (Fsp3) is 0.435. The van der Waals surface area contributed by atoms with Gasteiger partial charge >= 0.3 is 0 Å². The Morgan fingerprint density at radius 2 is 1.87 bits per heavy atom. The van der Waals surface area contributed by atoms with Gasteiger partial charge in [-0.15, -0.1) is 11.3 Å². The summed E-state index contributed by atoms with van der Waals surface area (Å²) in [6.45, 7) is 3.68. The standard InChI is InChI=1S/C23H26N4O2S/c24-17-18-6-8-19(9-7-18)25-10-3-11-26(14-13-25)23(29)21-5-1-12-27(21)22(28)16-20-4-2-15-30-20/h2,4,6-9,15,21H,1,3,5,10-14,16H2. The summed E-state index contributed by atoms with van der Waals surface area (Å²) in [5.41, 5.74) is 1.73. The number of amides is 2. The third-order valence-corrected chi connectivity index (χ3v) is 6.81. The number of carbonyl (C=O) groups is 2. The Bertz CT molecular complexity index is 920. The minimum atomic E-state index is -0.320. The van der Waals surface area contributed by atoms with Crippen molar-refractivity contribution >= 4 is 28.8 Å². The highest BCUT2D eigenvalue weighted by Crippen LogP contribution is 2.23. The van der Waals surface area contributed by atoms with Crippen molar-refractivity contribution < 1.29 is 9.59 Å². The van der Waals surface area contributed by atoms with E-state index >= 15 is 0 Å². The van der Waals surface area contributed by atoms with Crippen LogP contribution in [0.3, 0.4) is 0 Å². The van der Waals surface area contributed by atoms with Gasteiger partial charge in [0.25, 0.3) is 0 Å². The zero-order chi connectivity index (χ0) is 20.9. The Labute approximate surface area is 181 Å². The summed E-state index contributed by atoms with van der Waals surface area (Å²) < 4.78 is 0. The molecule has 7 heteroatoms. The first kappa shape index (κ1) is 20.4. The molecule has 156 valence electrons. The second-order valence-corrected chi connectivity index (χ2v) is 8.86. The first-order valence-corrected chi connectivity index (χ1v) is 11.4. The van der Waals surface area contributed by atoms with Gasteiger partial charge in [-0.2, -0.15) is 5.26 Å². The van der Waals surface area contributed by atoms with Gasteiger partial charge in [0, 0.05) is 43.3 Å². The number of anilines is 1. The predicted octanol–water partition coefficient (Wildman–Crippen LogP) is 2.89. The highest BCUT2D eigenvalue weighted by Gasteiger charge is 2.36. The second kappa shape index (κ2) is 9.31. The molecule has 4 rings (SSSR count). The number of carbonyl (C=O) groups excluding carboxylic acids is 2. The molecule has 6 nitrogen and oxygen atoms in total. The maximum absolute atomic E-state index is 13.3. The van der Waals surface area contributed by atoms with Crippen molar-refractivity contribution in [3.05, 3.63) is 52.2 Å². The number of nitrogens with zero attached hydrogens (tertiary/aromatic N) is 4. The van der Waals surface area contributed by atoms with Crippen molar-refractivity contribution in [2.24, 2.45) is 0 Å². The van der Waals surface area contributed by atoms with Gasteiger partial charge < -0.3 is 14.7 Å². The first-order valence-electron chi connectivity index (χ1n) is 10.5. The van der Waals surface area contributed by atoms with Crippen LogP contribution in [0.5, 0.6) is 0 Å². The Morgan fingerprint density at radius 3 is 2.60 bits per heavy atom. The minimum absolute atomic E-state index is 0.0577. The Morgan fingerprint density at radius 1 is 1.03 bits per heavy atom. The molecule has 2 saturated heterocycles. The molecule has 0 spiro atoms. The van der Waals surface area contributed by atoms with Gasteiger partial charge in [0.1, 0.15) is 6.04 Å². The summed E-state index contributed by atoms with van der Waals surface area (Å²) in [7, 11) is 0. The molecule has 1 aromatic heterocycles. The van der Waals surface area contributed by atoms with Gasteiger partial charge in [0.05, 0.1) is 18.1 Å². The van der Waals surface area contributed by atoms with Crippen molar-refractivity contribution in [2.45, 2.75) is 31.7 Å². The van der Waals surface area contributed by atoms with Crippen LogP contribution in [0.2, 0.25) is 0 Å². The molecule has 2 amide bonds. The SMILES string of the molecule is N#Cc1ccc(N2CCCN(C(=O)C3CCCN3C(=O)Cc3cccs3)CC2)cc1. The molecule has 0 radical (unpaired) electrons. The molecular formula is C23H26N4O2S. The molecule has 3 heterocycles. The third kappa shape index (κ3) is 4.49. The smallest absolute Gasteiger partial charge is 0.245 e. The van der Waals surface area contributed by atoms with E-state index in [1.54, 1.807) is 16.2 Å². The van der Waals surface area contributed by atoms with Crippen LogP contribution in [0.4, 0.5) is 5.69 Å². The molecule has 30 heavy (non-hydrogen) atoms. The zero-order valence-electron chi connectivity index (χ0n) is 17.0. The van der Waals surface area contributed by atoms with Crippen LogP contribution in [0, 0.1) is 11.3 Å². The average Bonchev–Trinajstić information content (AvgIpc) is 3.40. The molecule has 0 N–H and O–H groups in total. The number of likely N-dealkylation sites (tertiary alicyclic amines) is 1. The van der Waals surface area contributed by atoms with E-state index in [0.717, 1.165) is 49.5 Å². The van der Waals surface area contributed by atoms with E-state index in [1.165, 1.54) is 0 Å². The predicted molar refractivity (Wildman–Crippen MR) is 117 cm³/mol. The maximum Gasteiger partial charge on any atom is 0.245 e. The van der Waals surface area contributed by atoms with Crippen molar-refractivity contribution in [1.82, 2.24) is 9.80 Å². The van der Waals surface area contributed by atoms with Gasteiger partial charge in [-0.1, -0.05) is 6.07 Å². The van der Waals surface area contributed by atoms with Gasteiger partial charge in [-0.3, -0.25) is 9.59 Å². The lowest BCUT2D eigenvalue weighted by Gasteiger charge is -2.30. The van der Waals surface area contributed by atoms with E-state index < -0.39 is 0 Å². The second-order valence-electron chi connectivity index (χ2n) is 7.83. The summed E-state index contributed by atoms with van der Waals surface area (Å²) in [4.78, 5) is 33.1. The molecule has 2 aliphatic heterocycles. The molecule has 1 aromatic carbocycles. The highest BCUT2D eigenvalue weighted by molar-refractivity contribution is 7.10. The highest BCUT2D eigenvalue weighted by atomic mass is 32.1. The summed E-state index contributed by atoms with van der Waals surface area (Å²) in [5, 5.41) is 11.0. The van der Waals surface area contributed by atoms with Gasteiger partial charge in [0.2, 0.25) is 11.8 Å². The molecule has 0 aliphatic carbocycles. The molecule has 1 unspecified atom stereocenters. The lowest BCUT2D eigenvalue weighted by molar-refractivity contribution is -0.143. The van der Waals surface area contributed by atoms with Crippen LogP contribution in [0.1, 0.15) is 29.7 Å². The average molecular weight is 423 g/mol. The number of benzene rings is 1. The monoisotopic (exact) mass is 422 g/mol. The lowest BCUT2D eigenvalue weighted by Crippen LogP contribution is -2.49. The topological polar surface area (TPSA) is 67.7 Å². The Kier molecular flexibility index (Phi) is 6.34. The summed E-state index contributed by atoms with van der Waals surface area (Å²) in [6.07, 6.45) is 2.91. The van der Waals surface area contributed by atoms with E-state index in [0.29, 0.717) is 25.1 Å². The third-order valence-electron chi connectivity index (χ3n) is 5.93. The summed E-state index contributed by atoms with van der Waals surface area (Å²) in [5.74, 6) is 0.149. The van der Waals surface area contributed by atoms with Gasteiger partial charge in [-0.05, 0) is 55.0 Å². The molecule has 1 atom stereocenters. The van der Waals surface area contributed by atoms with Crippen molar-refractivity contribution in [3.8, 4) is 6.07 Å². The number of hydrogen-bond acceptors (Lipinski definition) is 5. The van der Waals surface area contributed by atoms with Crippen LogP contribution in [0.15, 0.2) is 41.8 Å². The van der Waals surface area contributed by atoms with E-state index in [4.69, 9.17) is 5.26 Å². The largest absolute Gasteiger partial charge is 0.370 e. The summed E-state index contributed by atoms with van der Waals surface area (Å²) in [6, 6.07) is 13.4. The van der Waals surface area contributed by atoms with Crippen LogP contribution in [-0.4, -0.2) is 60.4 Å². The van der Waals surface area contributed by atoms with Crippen LogP contribution in [-0.2, 0) is 16.0 Å². The zero-order valence-corrected chi connectivity index (χ0v) is 17.8.